The highest BCUT2D eigenvalue weighted by molar-refractivity contribution is 9.10. The Balaban J connectivity index is 2.25. The van der Waals surface area contributed by atoms with E-state index in [0.717, 1.165) is 15.8 Å². The van der Waals surface area contributed by atoms with Crippen LogP contribution in [0.2, 0.25) is 0 Å². The van der Waals surface area contributed by atoms with Gasteiger partial charge in [-0.25, -0.2) is 0 Å². The molecular formula is C17H17BrN2. The molecule has 0 unspecified atom stereocenters. The van der Waals surface area contributed by atoms with E-state index in [0.29, 0.717) is 5.56 Å². The standard InChI is InChI=1S/C17H17BrN2/c1-17(2,3)13-4-7-15(8-5-13)20-16-9-6-14(18)10-12(16)11-19/h4-10,20H,1-3H3. The van der Waals surface area contributed by atoms with Crippen molar-refractivity contribution in [1.29, 1.82) is 5.26 Å². The molecule has 0 saturated carbocycles. The first-order valence-electron chi connectivity index (χ1n) is 6.47. The third kappa shape index (κ3) is 3.40. The maximum Gasteiger partial charge on any atom is 0.101 e. The van der Waals surface area contributed by atoms with E-state index in [1.165, 1.54) is 5.56 Å². The predicted octanol–water partition coefficient (Wildman–Crippen LogP) is 5.36. The van der Waals surface area contributed by atoms with Crippen molar-refractivity contribution in [2.45, 2.75) is 26.2 Å². The van der Waals surface area contributed by atoms with Gasteiger partial charge in [0.1, 0.15) is 6.07 Å². The fourth-order valence-corrected chi connectivity index (χ4v) is 2.29. The molecule has 1 N–H and O–H groups in total. The van der Waals surface area contributed by atoms with Gasteiger partial charge in [-0.2, -0.15) is 5.26 Å². The molecule has 0 aliphatic heterocycles. The van der Waals surface area contributed by atoms with Crippen LogP contribution in [0, 0.1) is 11.3 Å². The summed E-state index contributed by atoms with van der Waals surface area (Å²) in [6.45, 7) is 6.58. The summed E-state index contributed by atoms with van der Waals surface area (Å²) in [6, 6.07) is 16.2. The van der Waals surface area contributed by atoms with Gasteiger partial charge in [0.15, 0.2) is 0 Å². The average molecular weight is 329 g/mol. The van der Waals surface area contributed by atoms with Crippen LogP contribution in [0.5, 0.6) is 0 Å². The summed E-state index contributed by atoms with van der Waals surface area (Å²) in [5.74, 6) is 0. The Labute approximate surface area is 128 Å². The van der Waals surface area contributed by atoms with Gasteiger partial charge in [-0.1, -0.05) is 48.8 Å². The number of nitriles is 1. The molecule has 0 aliphatic rings. The molecule has 0 atom stereocenters. The van der Waals surface area contributed by atoms with Crippen molar-refractivity contribution < 1.29 is 0 Å². The van der Waals surface area contributed by atoms with Crippen molar-refractivity contribution in [3.8, 4) is 6.07 Å². The van der Waals surface area contributed by atoms with E-state index in [4.69, 9.17) is 5.26 Å². The Morgan fingerprint density at radius 3 is 2.25 bits per heavy atom. The quantitative estimate of drug-likeness (QED) is 0.805. The molecule has 0 aliphatic carbocycles. The lowest BCUT2D eigenvalue weighted by molar-refractivity contribution is 0.590. The molecule has 2 aromatic carbocycles. The van der Waals surface area contributed by atoms with E-state index < -0.39 is 0 Å². The molecule has 0 saturated heterocycles. The molecule has 0 heterocycles. The number of rotatable bonds is 2. The lowest BCUT2D eigenvalue weighted by Crippen LogP contribution is -2.10. The average Bonchev–Trinajstić information content (AvgIpc) is 2.40. The summed E-state index contributed by atoms with van der Waals surface area (Å²) in [5, 5.41) is 12.4. The first kappa shape index (κ1) is 14.6. The van der Waals surface area contributed by atoms with Crippen molar-refractivity contribution in [3.05, 3.63) is 58.1 Å². The fourth-order valence-electron chi connectivity index (χ4n) is 1.93. The van der Waals surface area contributed by atoms with E-state index in [1.807, 2.05) is 30.3 Å². The van der Waals surface area contributed by atoms with E-state index in [9.17, 15) is 0 Å². The number of nitrogens with one attached hydrogen (secondary N) is 1. The summed E-state index contributed by atoms with van der Waals surface area (Å²) in [6.07, 6.45) is 0. The first-order chi connectivity index (χ1) is 9.40. The molecule has 0 radical (unpaired) electrons. The molecule has 0 spiro atoms. The van der Waals surface area contributed by atoms with Gasteiger partial charge in [-0.15, -0.1) is 0 Å². The SMILES string of the molecule is CC(C)(C)c1ccc(Nc2ccc(Br)cc2C#N)cc1. The summed E-state index contributed by atoms with van der Waals surface area (Å²) in [4.78, 5) is 0. The second-order valence-corrected chi connectivity index (χ2v) is 6.67. The number of halogens is 1. The molecule has 2 nitrogen and oxygen atoms in total. The highest BCUT2D eigenvalue weighted by Crippen LogP contribution is 2.27. The van der Waals surface area contributed by atoms with Crippen LogP contribution in [0.1, 0.15) is 31.9 Å². The fraction of sp³-hybridized carbons (Fsp3) is 0.235. The zero-order valence-corrected chi connectivity index (χ0v) is 13.5. The van der Waals surface area contributed by atoms with E-state index in [2.05, 4.69) is 60.2 Å². The van der Waals surface area contributed by atoms with Gasteiger partial charge >= 0.3 is 0 Å². The zero-order chi connectivity index (χ0) is 14.8. The van der Waals surface area contributed by atoms with Crippen molar-refractivity contribution in [3.63, 3.8) is 0 Å². The molecule has 2 rings (SSSR count). The van der Waals surface area contributed by atoms with Crippen LogP contribution in [0.4, 0.5) is 11.4 Å². The van der Waals surface area contributed by atoms with Crippen LogP contribution in [-0.2, 0) is 5.41 Å². The highest BCUT2D eigenvalue weighted by atomic mass is 79.9. The van der Waals surface area contributed by atoms with Gasteiger partial charge in [0.25, 0.3) is 0 Å². The summed E-state index contributed by atoms with van der Waals surface area (Å²) in [5.41, 5.74) is 3.86. The molecule has 2 aromatic rings. The van der Waals surface area contributed by atoms with Crippen molar-refractivity contribution in [1.82, 2.24) is 0 Å². The molecule has 0 amide bonds. The second kappa shape index (κ2) is 5.68. The molecule has 0 fully saturated rings. The normalized spacial score (nSPS) is 10.9. The second-order valence-electron chi connectivity index (χ2n) is 5.75. The highest BCUT2D eigenvalue weighted by Gasteiger charge is 2.13. The zero-order valence-electron chi connectivity index (χ0n) is 11.9. The number of anilines is 2. The number of nitrogens with zero attached hydrogens (tertiary/aromatic N) is 1. The Hall–Kier alpha value is -1.79. The smallest absolute Gasteiger partial charge is 0.101 e. The summed E-state index contributed by atoms with van der Waals surface area (Å²) in [7, 11) is 0. The number of hydrogen-bond acceptors (Lipinski definition) is 2. The van der Waals surface area contributed by atoms with Crippen LogP contribution in [-0.4, -0.2) is 0 Å². The van der Waals surface area contributed by atoms with Gasteiger partial charge in [-0.05, 0) is 41.3 Å². The van der Waals surface area contributed by atoms with Crippen LogP contribution >= 0.6 is 15.9 Å². The van der Waals surface area contributed by atoms with E-state index in [1.54, 1.807) is 0 Å². The van der Waals surface area contributed by atoms with Gasteiger partial charge in [-0.3, -0.25) is 0 Å². The summed E-state index contributed by atoms with van der Waals surface area (Å²) >= 11 is 3.38. The Morgan fingerprint density at radius 2 is 1.70 bits per heavy atom. The third-order valence-corrected chi connectivity index (χ3v) is 3.63. The minimum atomic E-state index is 0.147. The largest absolute Gasteiger partial charge is 0.354 e. The van der Waals surface area contributed by atoms with E-state index in [-0.39, 0.29) is 5.41 Å². The van der Waals surface area contributed by atoms with Crippen LogP contribution in [0.15, 0.2) is 46.9 Å². The maximum atomic E-state index is 9.16. The first-order valence-corrected chi connectivity index (χ1v) is 7.26. The number of benzene rings is 2. The molecule has 0 bridgehead atoms. The van der Waals surface area contributed by atoms with Crippen molar-refractivity contribution in [2.75, 3.05) is 5.32 Å². The molecule has 20 heavy (non-hydrogen) atoms. The number of hydrogen-bond donors (Lipinski definition) is 1. The molecule has 0 aromatic heterocycles. The lowest BCUT2D eigenvalue weighted by atomic mass is 9.87. The monoisotopic (exact) mass is 328 g/mol. The molecule has 3 heteroatoms. The van der Waals surface area contributed by atoms with Crippen LogP contribution < -0.4 is 5.32 Å². The topological polar surface area (TPSA) is 35.8 Å². The Kier molecular flexibility index (Phi) is 4.15. The Bertz CT molecular complexity index is 646. The van der Waals surface area contributed by atoms with Crippen molar-refractivity contribution >= 4 is 27.3 Å². The predicted molar refractivity (Wildman–Crippen MR) is 87.3 cm³/mol. The van der Waals surface area contributed by atoms with Gasteiger partial charge in [0.05, 0.1) is 11.3 Å². The third-order valence-electron chi connectivity index (χ3n) is 3.13. The summed E-state index contributed by atoms with van der Waals surface area (Å²) < 4.78 is 0.905. The minimum absolute atomic E-state index is 0.147. The van der Waals surface area contributed by atoms with Crippen molar-refractivity contribution in [2.24, 2.45) is 0 Å². The lowest BCUT2D eigenvalue weighted by Gasteiger charge is -2.19. The molecule has 102 valence electrons. The Morgan fingerprint density at radius 1 is 1.05 bits per heavy atom. The van der Waals surface area contributed by atoms with Gasteiger partial charge < -0.3 is 5.32 Å². The van der Waals surface area contributed by atoms with Gasteiger partial charge in [0, 0.05) is 10.2 Å². The molecular weight excluding hydrogens is 312 g/mol. The van der Waals surface area contributed by atoms with Crippen LogP contribution in [0.25, 0.3) is 0 Å². The van der Waals surface area contributed by atoms with Gasteiger partial charge in [0.2, 0.25) is 0 Å². The van der Waals surface area contributed by atoms with Crippen LogP contribution in [0.3, 0.4) is 0 Å². The minimum Gasteiger partial charge on any atom is -0.354 e. The van der Waals surface area contributed by atoms with E-state index >= 15 is 0 Å². The maximum absolute atomic E-state index is 9.16.